The Morgan fingerprint density at radius 1 is 0.250 bits per heavy atom. The molecule has 0 N–H and O–H groups in total. The summed E-state index contributed by atoms with van der Waals surface area (Å²) in [6.07, 6.45) is 48.3. The normalized spacial score (nSPS) is 12.0. The second-order valence-corrected chi connectivity index (χ2v) is 17.0. The summed E-state index contributed by atoms with van der Waals surface area (Å²) in [6.45, 7) is 4.62. The number of benzene rings is 4. The van der Waals surface area contributed by atoms with Gasteiger partial charge in [0.2, 0.25) is 0 Å². The molecule has 0 atom stereocenters. The van der Waals surface area contributed by atoms with Gasteiger partial charge in [0, 0.05) is 0 Å². The fraction of sp³-hybridized carbons (Fsp3) is 0.692. The quantitative estimate of drug-likeness (QED) is 0.0335. The molecular formula is C52H82. The zero-order valence-corrected chi connectivity index (χ0v) is 34.7. The number of hydrogen-bond acceptors (Lipinski definition) is 0. The zero-order chi connectivity index (χ0) is 36.3. The predicted octanol–water partition coefficient (Wildman–Crippen LogP) is 18.2. The minimum Gasteiger partial charge on any atom is -0.0654 e. The first-order valence-electron chi connectivity index (χ1n) is 23.5. The molecule has 0 heteroatoms. The van der Waals surface area contributed by atoms with E-state index in [-0.39, 0.29) is 0 Å². The number of unbranched alkanes of at least 4 members (excludes halogenated alkanes) is 30. The Morgan fingerprint density at radius 3 is 0.750 bits per heavy atom. The van der Waals surface area contributed by atoms with E-state index in [1.807, 2.05) is 0 Å². The molecule has 0 amide bonds. The Kier molecular flexibility index (Phi) is 22.6. The van der Waals surface area contributed by atoms with Crippen LogP contribution in [0.3, 0.4) is 0 Å². The molecule has 52 heavy (non-hydrogen) atoms. The molecule has 4 aromatic carbocycles. The molecule has 0 nitrogen and oxygen atoms in total. The van der Waals surface area contributed by atoms with Gasteiger partial charge in [-0.1, -0.05) is 255 Å². The topological polar surface area (TPSA) is 0 Å². The molecule has 0 saturated carbocycles. The van der Waals surface area contributed by atoms with Crippen molar-refractivity contribution in [3.63, 3.8) is 0 Å². The highest BCUT2D eigenvalue weighted by atomic mass is 14.2. The van der Waals surface area contributed by atoms with Gasteiger partial charge in [0.1, 0.15) is 0 Å². The third-order valence-electron chi connectivity index (χ3n) is 12.4. The molecule has 0 unspecified atom stereocenters. The van der Waals surface area contributed by atoms with Crippen molar-refractivity contribution in [2.24, 2.45) is 0 Å². The summed E-state index contributed by atoms with van der Waals surface area (Å²) in [4.78, 5) is 0. The van der Waals surface area contributed by atoms with Crippen LogP contribution in [-0.4, -0.2) is 0 Å². The first kappa shape index (κ1) is 42.7. The van der Waals surface area contributed by atoms with E-state index in [9.17, 15) is 0 Å². The molecule has 0 bridgehead atoms. The highest BCUT2D eigenvalue weighted by Gasteiger charge is 2.13. The van der Waals surface area contributed by atoms with Crippen LogP contribution in [0.5, 0.6) is 0 Å². The van der Waals surface area contributed by atoms with E-state index >= 15 is 0 Å². The first-order valence-corrected chi connectivity index (χ1v) is 23.5. The van der Waals surface area contributed by atoms with E-state index in [0.29, 0.717) is 0 Å². The van der Waals surface area contributed by atoms with Gasteiger partial charge < -0.3 is 0 Å². The van der Waals surface area contributed by atoms with E-state index < -0.39 is 0 Å². The van der Waals surface area contributed by atoms with Gasteiger partial charge in [0.05, 0.1) is 0 Å². The van der Waals surface area contributed by atoms with Crippen LogP contribution >= 0.6 is 0 Å². The third-order valence-corrected chi connectivity index (χ3v) is 12.4. The van der Waals surface area contributed by atoms with Crippen molar-refractivity contribution in [2.45, 2.75) is 232 Å². The monoisotopic (exact) mass is 707 g/mol. The van der Waals surface area contributed by atoms with Crippen LogP contribution < -0.4 is 0 Å². The fourth-order valence-corrected chi connectivity index (χ4v) is 9.08. The molecule has 0 saturated heterocycles. The lowest BCUT2D eigenvalue weighted by molar-refractivity contribution is 0.529. The van der Waals surface area contributed by atoms with Crippen LogP contribution in [-0.2, 0) is 12.8 Å². The second kappa shape index (κ2) is 27.5. The van der Waals surface area contributed by atoms with Gasteiger partial charge in [-0.15, -0.1) is 0 Å². The van der Waals surface area contributed by atoms with E-state index in [2.05, 4.69) is 62.4 Å². The van der Waals surface area contributed by atoms with E-state index in [1.54, 1.807) is 11.1 Å². The number of hydrogen-bond donors (Lipinski definition) is 0. The summed E-state index contributed by atoms with van der Waals surface area (Å²) >= 11 is 0. The third kappa shape index (κ3) is 15.7. The second-order valence-electron chi connectivity index (χ2n) is 17.0. The van der Waals surface area contributed by atoms with Crippen molar-refractivity contribution in [3.05, 3.63) is 59.7 Å². The van der Waals surface area contributed by atoms with Crippen LogP contribution in [0.1, 0.15) is 230 Å². The maximum Gasteiger partial charge on any atom is -0.00239 e. The summed E-state index contributed by atoms with van der Waals surface area (Å²) < 4.78 is 0. The van der Waals surface area contributed by atoms with E-state index in [0.717, 1.165) is 0 Å². The Labute approximate surface area is 323 Å². The highest BCUT2D eigenvalue weighted by molar-refractivity contribution is 6.24. The van der Waals surface area contributed by atoms with Crippen LogP contribution in [0.15, 0.2) is 48.5 Å². The summed E-state index contributed by atoms with van der Waals surface area (Å²) in [5.41, 5.74) is 3.13. The minimum absolute atomic E-state index is 1.22. The van der Waals surface area contributed by atoms with Crippen molar-refractivity contribution < 1.29 is 0 Å². The Balaban J connectivity index is 1.09. The molecule has 0 spiro atoms. The maximum atomic E-state index is 2.43. The van der Waals surface area contributed by atoms with Gasteiger partial charge >= 0.3 is 0 Å². The predicted molar refractivity (Wildman–Crippen MR) is 237 cm³/mol. The van der Waals surface area contributed by atoms with E-state index in [4.69, 9.17) is 0 Å². The van der Waals surface area contributed by atoms with Gasteiger partial charge in [-0.3, -0.25) is 0 Å². The Morgan fingerprint density at radius 2 is 0.481 bits per heavy atom. The molecule has 0 aliphatic carbocycles. The summed E-state index contributed by atoms with van der Waals surface area (Å²) in [7, 11) is 0. The molecule has 0 radical (unpaired) electrons. The van der Waals surface area contributed by atoms with Gasteiger partial charge in [-0.05, 0) is 69.1 Å². The average molecular weight is 707 g/mol. The lowest BCUT2D eigenvalue weighted by Crippen LogP contribution is -1.94. The molecule has 0 fully saturated rings. The lowest BCUT2D eigenvalue weighted by atomic mass is 9.88. The van der Waals surface area contributed by atoms with Crippen LogP contribution in [0, 0.1) is 0 Å². The fourth-order valence-electron chi connectivity index (χ4n) is 9.08. The smallest absolute Gasteiger partial charge is 0.00239 e. The Bertz CT molecular complexity index is 1320. The average Bonchev–Trinajstić information content (AvgIpc) is 3.17. The zero-order valence-electron chi connectivity index (χ0n) is 34.7. The van der Waals surface area contributed by atoms with Gasteiger partial charge in [0.15, 0.2) is 0 Å². The number of aryl methyl sites for hydroxylation is 2. The highest BCUT2D eigenvalue weighted by Crippen LogP contribution is 2.38. The number of rotatable bonds is 34. The van der Waals surface area contributed by atoms with Crippen molar-refractivity contribution >= 4 is 32.3 Å². The molecule has 4 aromatic rings. The SMILES string of the molecule is CCCCCCCCCCCCCCCCCCc1ccc2ccc3c(CCCCCCCCCCCCCCCCCC)ccc4ccc1c2c43. The van der Waals surface area contributed by atoms with Crippen LogP contribution in [0.4, 0.5) is 0 Å². The van der Waals surface area contributed by atoms with E-state index in [1.165, 1.54) is 251 Å². The summed E-state index contributed by atoms with van der Waals surface area (Å²) in [5, 5.41) is 8.91. The van der Waals surface area contributed by atoms with Crippen LogP contribution in [0.25, 0.3) is 32.3 Å². The molecule has 0 aliphatic heterocycles. The summed E-state index contributed by atoms with van der Waals surface area (Å²) in [5.74, 6) is 0. The lowest BCUT2D eigenvalue weighted by Gasteiger charge is -2.16. The van der Waals surface area contributed by atoms with Crippen molar-refractivity contribution in [1.29, 1.82) is 0 Å². The summed E-state index contributed by atoms with van der Waals surface area (Å²) in [6, 6.07) is 19.4. The van der Waals surface area contributed by atoms with Crippen LogP contribution in [0.2, 0.25) is 0 Å². The Hall–Kier alpha value is -2.08. The molecule has 0 aromatic heterocycles. The maximum absolute atomic E-state index is 2.43. The van der Waals surface area contributed by atoms with Crippen molar-refractivity contribution in [1.82, 2.24) is 0 Å². The van der Waals surface area contributed by atoms with Crippen molar-refractivity contribution in [3.8, 4) is 0 Å². The largest absolute Gasteiger partial charge is 0.0654 e. The molecule has 0 heterocycles. The molecule has 4 rings (SSSR count). The molecule has 290 valence electrons. The van der Waals surface area contributed by atoms with Crippen molar-refractivity contribution in [2.75, 3.05) is 0 Å². The van der Waals surface area contributed by atoms with Gasteiger partial charge in [0.25, 0.3) is 0 Å². The minimum atomic E-state index is 1.22. The van der Waals surface area contributed by atoms with Gasteiger partial charge in [-0.2, -0.15) is 0 Å². The molecular weight excluding hydrogens is 625 g/mol. The first-order chi connectivity index (χ1) is 25.8. The van der Waals surface area contributed by atoms with Gasteiger partial charge in [-0.25, -0.2) is 0 Å². The molecule has 0 aliphatic rings. The standard InChI is InChI=1S/C52H82/c1-3-5-7-9-11-13-15-17-19-21-23-25-27-29-31-33-35-45-37-39-47-42-44-50-46(38-40-48-41-43-49(45)51(47)52(48)50)36-34-32-30-28-26-24-22-20-18-16-14-12-10-8-6-4-2/h37-44H,3-36H2,1-2H3.